The zero-order valence-electron chi connectivity index (χ0n) is 32.7. The van der Waals surface area contributed by atoms with Crippen molar-refractivity contribution in [2.24, 2.45) is 10.8 Å². The molecule has 1 aliphatic carbocycles. The molecule has 0 saturated heterocycles. The summed E-state index contributed by atoms with van der Waals surface area (Å²) in [5, 5.41) is 14.8. The van der Waals surface area contributed by atoms with Gasteiger partial charge in [-0.2, -0.15) is 0 Å². The van der Waals surface area contributed by atoms with E-state index in [2.05, 4.69) is 104 Å². The van der Waals surface area contributed by atoms with Crippen molar-refractivity contribution in [3.63, 3.8) is 0 Å². The van der Waals surface area contributed by atoms with Gasteiger partial charge in [-0.05, 0) is 64.2 Å². The first-order valence-corrected chi connectivity index (χ1v) is 18.5. The van der Waals surface area contributed by atoms with E-state index in [0.717, 1.165) is 16.6 Å². The molecule has 0 atom stereocenters. The fourth-order valence-corrected chi connectivity index (χ4v) is 8.50. The largest absolute Gasteiger partial charge is 0.512 e. The molecule has 1 radical (unpaired) electrons. The number of fused-ring (bicyclic) bond motifs is 6. The molecule has 3 aromatic carbocycles. The second-order valence-corrected chi connectivity index (χ2v) is 19.5. The number of pyridine rings is 1. The molecular formula is C45H56IrNO2S-. The van der Waals surface area contributed by atoms with E-state index >= 15 is 0 Å². The van der Waals surface area contributed by atoms with Crippen molar-refractivity contribution in [1.82, 2.24) is 4.98 Å². The van der Waals surface area contributed by atoms with Crippen LogP contribution in [0.4, 0.5) is 0 Å². The van der Waals surface area contributed by atoms with Crippen LogP contribution in [0.1, 0.15) is 125 Å². The van der Waals surface area contributed by atoms with Crippen molar-refractivity contribution in [3.8, 4) is 11.3 Å². The van der Waals surface area contributed by atoms with Crippen molar-refractivity contribution in [2.75, 3.05) is 0 Å². The number of rotatable bonds is 2. The third-order valence-corrected chi connectivity index (χ3v) is 11.5. The Morgan fingerprint density at radius 1 is 0.860 bits per heavy atom. The maximum absolute atomic E-state index is 11.5. The molecule has 5 aromatic rings. The molecule has 2 aromatic heterocycles. The maximum Gasteiger partial charge on any atom is 0.164 e. The molecule has 3 nitrogen and oxygen atoms in total. The number of nitrogens with zero attached hydrogens (tertiary/aromatic N) is 1. The number of hydrogen-bond donors (Lipinski definition) is 1. The normalized spacial score (nSPS) is 16.1. The molecule has 0 amide bonds. The summed E-state index contributed by atoms with van der Waals surface area (Å²) in [6.45, 7) is 30.0. The van der Waals surface area contributed by atoms with E-state index in [1.54, 1.807) is 5.56 Å². The number of aliphatic hydroxyl groups excluding tert-OH is 1. The monoisotopic (exact) mass is 867 g/mol. The molecular weight excluding hydrogens is 811 g/mol. The quantitative estimate of drug-likeness (QED) is 0.109. The van der Waals surface area contributed by atoms with Crippen LogP contribution in [0.15, 0.2) is 60.5 Å². The van der Waals surface area contributed by atoms with Gasteiger partial charge in [0.1, 0.15) is 5.76 Å². The number of carbonyl (C=O) groups excluding carboxylic acids is 1. The van der Waals surface area contributed by atoms with Crippen LogP contribution in [0.25, 0.3) is 42.2 Å². The SMILES string of the molecule is CC(C)(C)C(=O)/C=C(\O)C(C)(C)C.Cc1cc2c(c3sc4c(-c5[c-]c6ccccc6c(C(C)(C)C)c5)nccc4c13)C(C)(C)CCC2(C)C.[Ir]. The van der Waals surface area contributed by atoms with Crippen LogP contribution in [0.3, 0.4) is 0 Å². The van der Waals surface area contributed by atoms with Crippen LogP contribution in [-0.4, -0.2) is 15.9 Å². The summed E-state index contributed by atoms with van der Waals surface area (Å²) in [5.74, 6) is 0.104. The Morgan fingerprint density at radius 3 is 2.08 bits per heavy atom. The van der Waals surface area contributed by atoms with E-state index in [0.29, 0.717) is 0 Å². The Kier molecular flexibility index (Phi) is 10.9. The van der Waals surface area contributed by atoms with Gasteiger partial charge in [-0.3, -0.25) is 9.78 Å². The number of aromatic nitrogens is 1. The number of hydrogen-bond acceptors (Lipinski definition) is 4. The van der Waals surface area contributed by atoms with Crippen LogP contribution in [0, 0.1) is 23.8 Å². The molecule has 1 N–H and O–H groups in total. The molecule has 0 aliphatic heterocycles. The topological polar surface area (TPSA) is 50.2 Å². The molecule has 0 fully saturated rings. The molecule has 2 heterocycles. The fraction of sp³-hybridized carbons (Fsp3) is 0.467. The van der Waals surface area contributed by atoms with Crippen molar-refractivity contribution in [3.05, 3.63) is 88.8 Å². The van der Waals surface area contributed by atoms with E-state index in [9.17, 15) is 9.90 Å². The molecule has 0 bridgehead atoms. The summed E-state index contributed by atoms with van der Waals surface area (Å²) < 4.78 is 2.75. The molecule has 50 heavy (non-hydrogen) atoms. The number of carbonyl (C=O) groups is 1. The van der Waals surface area contributed by atoms with Crippen LogP contribution in [0.2, 0.25) is 0 Å². The van der Waals surface area contributed by atoms with Gasteiger partial charge in [0.2, 0.25) is 0 Å². The van der Waals surface area contributed by atoms with Gasteiger partial charge in [0.15, 0.2) is 5.78 Å². The Balaban J connectivity index is 0.000000345. The predicted octanol–water partition coefficient (Wildman–Crippen LogP) is 13.1. The number of aryl methyl sites for hydroxylation is 1. The van der Waals surface area contributed by atoms with Crippen LogP contribution >= 0.6 is 11.3 Å². The van der Waals surface area contributed by atoms with E-state index < -0.39 is 5.41 Å². The Labute approximate surface area is 318 Å². The maximum atomic E-state index is 11.5. The predicted molar refractivity (Wildman–Crippen MR) is 212 cm³/mol. The van der Waals surface area contributed by atoms with Gasteiger partial charge < -0.3 is 5.11 Å². The minimum absolute atomic E-state index is 0. The van der Waals surface area contributed by atoms with Gasteiger partial charge in [-0.25, -0.2) is 0 Å². The van der Waals surface area contributed by atoms with Crippen molar-refractivity contribution >= 4 is 48.1 Å². The summed E-state index contributed by atoms with van der Waals surface area (Å²) in [6, 6.07) is 19.4. The van der Waals surface area contributed by atoms with Crippen molar-refractivity contribution < 1.29 is 30.0 Å². The Morgan fingerprint density at radius 2 is 1.48 bits per heavy atom. The van der Waals surface area contributed by atoms with E-state index in [4.69, 9.17) is 4.98 Å². The van der Waals surface area contributed by atoms with E-state index in [1.807, 2.05) is 59.1 Å². The Hall–Kier alpha value is -2.85. The second kappa shape index (κ2) is 13.6. The van der Waals surface area contributed by atoms with Gasteiger partial charge in [-0.1, -0.05) is 125 Å². The third-order valence-electron chi connectivity index (χ3n) is 10.3. The zero-order chi connectivity index (χ0) is 36.5. The van der Waals surface area contributed by atoms with Gasteiger partial charge >= 0.3 is 0 Å². The van der Waals surface area contributed by atoms with Crippen LogP contribution < -0.4 is 0 Å². The standard InChI is InChI=1S/C34H36NS.C11H20O2.Ir/c1-20-17-26-28(34(7,8)15-14-33(26,5)6)31-27(20)24-13-16-35-29(30(24)36-31)22-18-21-11-9-10-12-23(21)25(19-22)32(2,3)4;1-10(2,3)8(12)7-9(13)11(4,5)6;/h9-13,16-17,19H,14-15H2,1-8H3;7,12H,1-6H3;/q-1;;/b;8-7-;. The molecule has 1 aliphatic rings. The summed E-state index contributed by atoms with van der Waals surface area (Å²) in [4.78, 5) is 16.5. The number of benzene rings is 3. The number of allylic oxidation sites excluding steroid dienone is 2. The molecule has 6 rings (SSSR count). The zero-order valence-corrected chi connectivity index (χ0v) is 35.9. The molecule has 0 saturated carbocycles. The summed E-state index contributed by atoms with van der Waals surface area (Å²) in [5.41, 5.74) is 7.63. The average molecular weight is 867 g/mol. The number of thiophene rings is 1. The second-order valence-electron chi connectivity index (χ2n) is 18.5. The molecule has 0 unspecified atom stereocenters. The van der Waals surface area contributed by atoms with E-state index in [-0.39, 0.29) is 53.3 Å². The summed E-state index contributed by atoms with van der Waals surface area (Å²) >= 11 is 1.95. The van der Waals surface area contributed by atoms with Crippen molar-refractivity contribution in [1.29, 1.82) is 0 Å². The summed E-state index contributed by atoms with van der Waals surface area (Å²) in [6.07, 6.45) is 5.78. The fourth-order valence-electron chi connectivity index (χ4n) is 6.89. The van der Waals surface area contributed by atoms with Crippen molar-refractivity contribution in [2.45, 2.75) is 126 Å². The van der Waals surface area contributed by atoms with Gasteiger partial charge in [0.25, 0.3) is 0 Å². The molecule has 0 spiro atoms. The van der Waals surface area contributed by atoms with Gasteiger partial charge in [-0.15, -0.1) is 40.5 Å². The Bertz CT molecular complexity index is 2110. The van der Waals surface area contributed by atoms with Gasteiger partial charge in [0.05, 0.1) is 0 Å². The first-order valence-electron chi connectivity index (χ1n) is 17.7. The minimum Gasteiger partial charge on any atom is -0.512 e. The smallest absolute Gasteiger partial charge is 0.164 e. The first-order chi connectivity index (χ1) is 22.4. The van der Waals surface area contributed by atoms with Crippen LogP contribution in [0.5, 0.6) is 0 Å². The number of aliphatic hydroxyl groups is 1. The van der Waals surface area contributed by atoms with Crippen LogP contribution in [-0.2, 0) is 41.1 Å². The van der Waals surface area contributed by atoms with E-state index in [1.165, 1.54) is 61.2 Å². The molecule has 5 heteroatoms. The third kappa shape index (κ3) is 7.67. The van der Waals surface area contributed by atoms with Gasteiger partial charge in [0, 0.05) is 63.7 Å². The minimum atomic E-state index is -0.417. The first kappa shape index (κ1) is 39.9. The summed E-state index contributed by atoms with van der Waals surface area (Å²) in [7, 11) is 0. The number of ketones is 1. The molecule has 269 valence electrons. The average Bonchev–Trinajstić information content (AvgIpc) is 3.38.